The van der Waals surface area contributed by atoms with Crippen LogP contribution in [0.5, 0.6) is 0 Å². The molecular weight excluding hydrogens is 364 g/mol. The van der Waals surface area contributed by atoms with E-state index in [-0.39, 0.29) is 6.03 Å². The topological polar surface area (TPSA) is 86.0 Å². The zero-order valence-corrected chi connectivity index (χ0v) is 16.1. The zero-order valence-electron chi connectivity index (χ0n) is 15.3. The molecule has 4 rings (SSSR count). The first-order valence-corrected chi connectivity index (χ1v) is 9.82. The van der Waals surface area contributed by atoms with Gasteiger partial charge in [0.05, 0.1) is 29.3 Å². The molecule has 4 heterocycles. The Hall–Kier alpha value is -2.65. The highest BCUT2D eigenvalue weighted by Crippen LogP contribution is 2.26. The SMILES string of the molecule is Cc1c(NC(=O)Nc2cc(-c3ccsc3)nn2C)cnn1C1CCOCC1. The second kappa shape index (κ2) is 7.53. The normalized spacial score (nSPS) is 15.0. The maximum Gasteiger partial charge on any atom is 0.324 e. The Labute approximate surface area is 161 Å². The Kier molecular flexibility index (Phi) is 4.95. The number of thiophene rings is 1. The first kappa shape index (κ1) is 17.7. The molecule has 3 aromatic rings. The van der Waals surface area contributed by atoms with Gasteiger partial charge in [-0.15, -0.1) is 0 Å². The number of amides is 2. The van der Waals surface area contributed by atoms with Crippen molar-refractivity contribution in [1.29, 1.82) is 0 Å². The molecule has 1 aliphatic rings. The summed E-state index contributed by atoms with van der Waals surface area (Å²) in [5, 5.41) is 18.7. The van der Waals surface area contributed by atoms with Gasteiger partial charge >= 0.3 is 6.03 Å². The summed E-state index contributed by atoms with van der Waals surface area (Å²) in [5.41, 5.74) is 3.52. The second-order valence-corrected chi connectivity index (χ2v) is 7.34. The Morgan fingerprint density at radius 2 is 2.15 bits per heavy atom. The molecule has 0 unspecified atom stereocenters. The largest absolute Gasteiger partial charge is 0.381 e. The van der Waals surface area contributed by atoms with Crippen LogP contribution < -0.4 is 10.6 Å². The molecule has 1 aliphatic heterocycles. The fourth-order valence-electron chi connectivity index (χ4n) is 3.25. The van der Waals surface area contributed by atoms with E-state index >= 15 is 0 Å². The van der Waals surface area contributed by atoms with Crippen molar-refractivity contribution >= 4 is 28.9 Å². The van der Waals surface area contributed by atoms with Crippen LogP contribution in [-0.4, -0.2) is 38.8 Å². The fraction of sp³-hybridized carbons (Fsp3) is 0.389. The standard InChI is InChI=1S/C18H22N6O2S/c1-12-16(10-19-24(12)14-3-6-26-7-4-14)20-18(25)21-17-9-15(22-23(17)2)13-5-8-27-11-13/h5,8-11,14H,3-4,6-7H2,1-2H3,(H2,20,21,25). The summed E-state index contributed by atoms with van der Waals surface area (Å²) >= 11 is 1.61. The van der Waals surface area contributed by atoms with Crippen LogP contribution in [0.3, 0.4) is 0 Å². The third-order valence-corrected chi connectivity index (χ3v) is 5.45. The van der Waals surface area contributed by atoms with E-state index in [1.165, 1.54) is 0 Å². The number of carbonyl (C=O) groups is 1. The highest BCUT2D eigenvalue weighted by Gasteiger charge is 2.20. The molecule has 9 heteroatoms. The van der Waals surface area contributed by atoms with Crippen LogP contribution in [0.15, 0.2) is 29.1 Å². The highest BCUT2D eigenvalue weighted by atomic mass is 32.1. The molecule has 2 amide bonds. The Morgan fingerprint density at radius 3 is 2.89 bits per heavy atom. The predicted molar refractivity (Wildman–Crippen MR) is 105 cm³/mol. The van der Waals surface area contributed by atoms with Crippen LogP contribution in [0.2, 0.25) is 0 Å². The number of rotatable bonds is 4. The van der Waals surface area contributed by atoms with E-state index in [0.29, 0.717) is 17.5 Å². The van der Waals surface area contributed by atoms with Crippen molar-refractivity contribution < 1.29 is 9.53 Å². The van der Waals surface area contributed by atoms with Gasteiger partial charge in [-0.1, -0.05) is 0 Å². The molecule has 0 spiro atoms. The van der Waals surface area contributed by atoms with Crippen LogP contribution >= 0.6 is 11.3 Å². The summed E-state index contributed by atoms with van der Waals surface area (Å²) in [7, 11) is 1.81. The number of aryl methyl sites for hydroxylation is 1. The summed E-state index contributed by atoms with van der Waals surface area (Å²) in [6.45, 7) is 3.47. The van der Waals surface area contributed by atoms with Gasteiger partial charge in [0.15, 0.2) is 0 Å². The van der Waals surface area contributed by atoms with Gasteiger partial charge in [0.2, 0.25) is 0 Å². The van der Waals surface area contributed by atoms with Crippen molar-refractivity contribution in [3.8, 4) is 11.3 Å². The van der Waals surface area contributed by atoms with Gasteiger partial charge in [-0.2, -0.15) is 21.5 Å². The third-order valence-electron chi connectivity index (χ3n) is 4.77. The van der Waals surface area contributed by atoms with Crippen LogP contribution in [0.1, 0.15) is 24.6 Å². The van der Waals surface area contributed by atoms with Crippen molar-refractivity contribution in [3.05, 3.63) is 34.8 Å². The van der Waals surface area contributed by atoms with Crippen molar-refractivity contribution in [2.75, 3.05) is 23.8 Å². The van der Waals surface area contributed by atoms with E-state index in [4.69, 9.17) is 4.74 Å². The number of carbonyl (C=O) groups excluding carboxylic acids is 1. The maximum absolute atomic E-state index is 12.4. The molecule has 2 N–H and O–H groups in total. The molecule has 1 fully saturated rings. The minimum Gasteiger partial charge on any atom is -0.381 e. The lowest BCUT2D eigenvalue weighted by Gasteiger charge is -2.23. The summed E-state index contributed by atoms with van der Waals surface area (Å²) < 4.78 is 9.05. The van der Waals surface area contributed by atoms with Crippen LogP contribution in [0.4, 0.5) is 16.3 Å². The summed E-state index contributed by atoms with van der Waals surface area (Å²) in [5.74, 6) is 0.628. The van der Waals surface area contributed by atoms with Gasteiger partial charge in [-0.25, -0.2) is 4.79 Å². The molecule has 0 radical (unpaired) electrons. The number of anilines is 2. The van der Waals surface area contributed by atoms with E-state index in [1.807, 2.05) is 34.5 Å². The minimum absolute atomic E-state index is 0.315. The fourth-order valence-corrected chi connectivity index (χ4v) is 3.90. The minimum atomic E-state index is -0.315. The number of ether oxygens (including phenoxy) is 1. The van der Waals surface area contributed by atoms with Crippen LogP contribution in [0, 0.1) is 6.92 Å². The third kappa shape index (κ3) is 3.74. The molecule has 0 bridgehead atoms. The van der Waals surface area contributed by atoms with Gasteiger partial charge in [0.1, 0.15) is 5.82 Å². The lowest BCUT2D eigenvalue weighted by atomic mass is 10.1. The van der Waals surface area contributed by atoms with Gasteiger partial charge in [-0.05, 0) is 31.2 Å². The molecule has 0 saturated carbocycles. The monoisotopic (exact) mass is 386 g/mol. The Balaban J connectivity index is 1.43. The van der Waals surface area contributed by atoms with E-state index < -0.39 is 0 Å². The van der Waals surface area contributed by atoms with Crippen molar-refractivity contribution in [2.24, 2.45) is 7.05 Å². The van der Waals surface area contributed by atoms with Crippen molar-refractivity contribution in [1.82, 2.24) is 19.6 Å². The lowest BCUT2D eigenvalue weighted by molar-refractivity contribution is 0.0657. The molecular formula is C18H22N6O2S. The van der Waals surface area contributed by atoms with Gasteiger partial charge in [0.25, 0.3) is 0 Å². The molecule has 0 aromatic carbocycles. The lowest BCUT2D eigenvalue weighted by Crippen LogP contribution is -2.23. The van der Waals surface area contributed by atoms with Gasteiger partial charge in [-0.3, -0.25) is 14.7 Å². The Bertz CT molecular complexity index is 924. The number of urea groups is 1. The average molecular weight is 386 g/mol. The highest BCUT2D eigenvalue weighted by molar-refractivity contribution is 7.08. The van der Waals surface area contributed by atoms with Crippen molar-refractivity contribution in [2.45, 2.75) is 25.8 Å². The average Bonchev–Trinajstić information content (AvgIpc) is 3.39. The second-order valence-electron chi connectivity index (χ2n) is 6.56. The molecule has 8 nitrogen and oxygen atoms in total. The molecule has 3 aromatic heterocycles. The summed E-state index contributed by atoms with van der Waals surface area (Å²) in [4.78, 5) is 12.4. The van der Waals surface area contributed by atoms with Gasteiger partial charge < -0.3 is 10.1 Å². The first-order valence-electron chi connectivity index (χ1n) is 8.88. The summed E-state index contributed by atoms with van der Waals surface area (Å²) in [6, 6.07) is 3.87. The van der Waals surface area contributed by atoms with Crippen molar-refractivity contribution in [3.63, 3.8) is 0 Å². The predicted octanol–water partition coefficient (Wildman–Crippen LogP) is 3.65. The first-order chi connectivity index (χ1) is 13.1. The Morgan fingerprint density at radius 1 is 1.33 bits per heavy atom. The van der Waals surface area contributed by atoms with Crippen LogP contribution in [0.25, 0.3) is 11.3 Å². The quantitative estimate of drug-likeness (QED) is 0.717. The van der Waals surface area contributed by atoms with E-state index in [0.717, 1.165) is 43.0 Å². The number of aromatic nitrogens is 4. The molecule has 27 heavy (non-hydrogen) atoms. The summed E-state index contributed by atoms with van der Waals surface area (Å²) in [6.07, 6.45) is 3.58. The number of hydrogen-bond donors (Lipinski definition) is 2. The number of hydrogen-bond acceptors (Lipinski definition) is 5. The molecule has 0 atom stereocenters. The zero-order chi connectivity index (χ0) is 18.8. The molecule has 142 valence electrons. The van der Waals surface area contributed by atoms with E-state index in [9.17, 15) is 4.79 Å². The van der Waals surface area contributed by atoms with Crippen LogP contribution in [-0.2, 0) is 11.8 Å². The molecule has 1 saturated heterocycles. The molecule has 0 aliphatic carbocycles. The van der Waals surface area contributed by atoms with E-state index in [2.05, 4.69) is 20.8 Å². The maximum atomic E-state index is 12.4. The van der Waals surface area contributed by atoms with E-state index in [1.54, 1.807) is 29.3 Å². The van der Waals surface area contributed by atoms with Gasteiger partial charge in [0, 0.05) is 37.3 Å². The number of nitrogens with one attached hydrogen (secondary N) is 2. The smallest absolute Gasteiger partial charge is 0.324 e. The number of nitrogens with zero attached hydrogens (tertiary/aromatic N) is 4.